The van der Waals surface area contributed by atoms with Gasteiger partial charge in [-0.2, -0.15) is 0 Å². The van der Waals surface area contributed by atoms with Crippen molar-refractivity contribution in [2.45, 2.75) is 40.2 Å². The summed E-state index contributed by atoms with van der Waals surface area (Å²) >= 11 is 0. The first-order valence-electron chi connectivity index (χ1n) is 6.51. The lowest BCUT2D eigenvalue weighted by Gasteiger charge is -2.11. The Bertz CT molecular complexity index is 313. The number of nitrogens with zero attached hydrogens (tertiary/aromatic N) is 1. The number of nitrogens with one attached hydrogen (secondary N) is 1. The van der Waals surface area contributed by atoms with Gasteiger partial charge < -0.3 is 10.1 Å². The molecule has 0 fully saturated rings. The molecule has 1 aromatic rings. The van der Waals surface area contributed by atoms with Gasteiger partial charge in [0.25, 0.3) is 0 Å². The molecule has 1 aromatic heterocycles. The molecule has 0 aromatic carbocycles. The third kappa shape index (κ3) is 5.68. The van der Waals surface area contributed by atoms with Gasteiger partial charge in [-0.1, -0.05) is 26.8 Å². The van der Waals surface area contributed by atoms with E-state index in [1.807, 2.05) is 6.07 Å². The molecule has 0 saturated carbocycles. The van der Waals surface area contributed by atoms with Crippen LogP contribution in [0.15, 0.2) is 18.3 Å². The third-order valence-electron chi connectivity index (χ3n) is 2.53. The van der Waals surface area contributed by atoms with Crippen molar-refractivity contribution in [2.24, 2.45) is 5.92 Å². The molecule has 0 aliphatic rings. The quantitative estimate of drug-likeness (QED) is 0.705. The Morgan fingerprint density at radius 1 is 1.41 bits per heavy atom. The van der Waals surface area contributed by atoms with Gasteiger partial charge in [0, 0.05) is 18.3 Å². The lowest BCUT2D eigenvalue weighted by atomic mass is 10.1. The Balaban J connectivity index is 2.46. The summed E-state index contributed by atoms with van der Waals surface area (Å²) in [6.45, 7) is 9.17. The fourth-order valence-corrected chi connectivity index (χ4v) is 1.48. The van der Waals surface area contributed by atoms with Gasteiger partial charge >= 0.3 is 0 Å². The van der Waals surface area contributed by atoms with Crippen molar-refractivity contribution >= 4 is 0 Å². The van der Waals surface area contributed by atoms with E-state index in [0.29, 0.717) is 5.92 Å². The smallest absolute Gasteiger partial charge is 0.217 e. The van der Waals surface area contributed by atoms with Crippen LogP contribution in [0.4, 0.5) is 0 Å². The third-order valence-corrected chi connectivity index (χ3v) is 2.53. The minimum absolute atomic E-state index is 0.667. The highest BCUT2D eigenvalue weighted by Crippen LogP contribution is 2.14. The number of pyridine rings is 1. The second-order valence-electron chi connectivity index (χ2n) is 4.68. The SMILES string of the molecule is CCCNCc1cccnc1OCCC(C)C. The molecular weight excluding hydrogens is 212 g/mol. The number of hydrogen-bond acceptors (Lipinski definition) is 3. The maximum absolute atomic E-state index is 5.73. The molecule has 1 rings (SSSR count). The minimum Gasteiger partial charge on any atom is -0.477 e. The Morgan fingerprint density at radius 2 is 2.24 bits per heavy atom. The summed E-state index contributed by atoms with van der Waals surface area (Å²) in [6, 6.07) is 4.03. The summed E-state index contributed by atoms with van der Waals surface area (Å²) in [6.07, 6.45) is 4.00. The fourth-order valence-electron chi connectivity index (χ4n) is 1.48. The number of aromatic nitrogens is 1. The summed E-state index contributed by atoms with van der Waals surface area (Å²) in [5, 5.41) is 3.37. The van der Waals surface area contributed by atoms with Gasteiger partial charge in [0.05, 0.1) is 6.61 Å². The molecule has 0 aliphatic carbocycles. The lowest BCUT2D eigenvalue weighted by Crippen LogP contribution is -2.15. The van der Waals surface area contributed by atoms with Gasteiger partial charge in [0.2, 0.25) is 5.88 Å². The van der Waals surface area contributed by atoms with E-state index in [4.69, 9.17) is 4.74 Å². The highest BCUT2D eigenvalue weighted by Gasteiger charge is 2.04. The zero-order valence-electron chi connectivity index (χ0n) is 11.2. The topological polar surface area (TPSA) is 34.2 Å². The molecule has 96 valence electrons. The van der Waals surface area contributed by atoms with Crippen LogP contribution in [0, 0.1) is 5.92 Å². The molecule has 0 amide bonds. The van der Waals surface area contributed by atoms with Crippen molar-refractivity contribution in [3.8, 4) is 5.88 Å². The van der Waals surface area contributed by atoms with Crippen molar-refractivity contribution in [1.82, 2.24) is 10.3 Å². The van der Waals surface area contributed by atoms with E-state index in [-0.39, 0.29) is 0 Å². The molecule has 3 heteroatoms. The second kappa shape index (κ2) is 8.07. The van der Waals surface area contributed by atoms with Crippen LogP contribution in [0.5, 0.6) is 5.88 Å². The Labute approximate surface area is 105 Å². The summed E-state index contributed by atoms with van der Waals surface area (Å²) in [7, 11) is 0. The molecule has 17 heavy (non-hydrogen) atoms. The number of rotatable bonds is 8. The van der Waals surface area contributed by atoms with Crippen LogP contribution < -0.4 is 10.1 Å². The maximum atomic E-state index is 5.73. The molecule has 1 N–H and O–H groups in total. The monoisotopic (exact) mass is 236 g/mol. The lowest BCUT2D eigenvalue weighted by molar-refractivity contribution is 0.276. The van der Waals surface area contributed by atoms with Gasteiger partial charge in [0.1, 0.15) is 0 Å². The summed E-state index contributed by atoms with van der Waals surface area (Å²) in [5.74, 6) is 1.44. The molecule has 0 bridgehead atoms. The zero-order chi connectivity index (χ0) is 12.5. The standard InChI is InChI=1S/C14H24N2O/c1-4-8-15-11-13-6-5-9-16-14(13)17-10-7-12(2)3/h5-6,9,12,15H,4,7-8,10-11H2,1-3H3. The molecule has 0 spiro atoms. The number of ether oxygens (including phenoxy) is 1. The summed E-state index contributed by atoms with van der Waals surface area (Å²) < 4.78 is 5.73. The van der Waals surface area contributed by atoms with Gasteiger partial charge in [-0.3, -0.25) is 0 Å². The highest BCUT2D eigenvalue weighted by atomic mass is 16.5. The largest absolute Gasteiger partial charge is 0.477 e. The zero-order valence-corrected chi connectivity index (χ0v) is 11.2. The fraction of sp³-hybridized carbons (Fsp3) is 0.643. The molecule has 0 atom stereocenters. The predicted molar refractivity (Wildman–Crippen MR) is 71.2 cm³/mol. The van der Waals surface area contributed by atoms with E-state index < -0.39 is 0 Å². The van der Waals surface area contributed by atoms with Gasteiger partial charge in [-0.25, -0.2) is 4.98 Å². The van der Waals surface area contributed by atoms with E-state index in [1.54, 1.807) is 6.20 Å². The van der Waals surface area contributed by atoms with Crippen LogP contribution >= 0.6 is 0 Å². The average molecular weight is 236 g/mol. The van der Waals surface area contributed by atoms with Crippen LogP contribution in [0.2, 0.25) is 0 Å². The Hall–Kier alpha value is -1.09. The van der Waals surface area contributed by atoms with Crippen molar-refractivity contribution in [1.29, 1.82) is 0 Å². The molecular formula is C14H24N2O. The van der Waals surface area contributed by atoms with E-state index >= 15 is 0 Å². The van der Waals surface area contributed by atoms with Crippen molar-refractivity contribution < 1.29 is 4.74 Å². The molecule has 0 aliphatic heterocycles. The van der Waals surface area contributed by atoms with Crippen LogP contribution in [-0.4, -0.2) is 18.1 Å². The van der Waals surface area contributed by atoms with Crippen LogP contribution in [0.1, 0.15) is 39.2 Å². The molecule has 1 heterocycles. The molecule has 3 nitrogen and oxygen atoms in total. The first-order chi connectivity index (χ1) is 8.24. The van der Waals surface area contributed by atoms with Crippen LogP contribution in [0.3, 0.4) is 0 Å². The first-order valence-corrected chi connectivity index (χ1v) is 6.51. The predicted octanol–water partition coefficient (Wildman–Crippen LogP) is 3.01. The van der Waals surface area contributed by atoms with E-state index in [1.165, 1.54) is 0 Å². The van der Waals surface area contributed by atoms with Crippen LogP contribution in [0.25, 0.3) is 0 Å². The average Bonchev–Trinajstić information content (AvgIpc) is 2.31. The molecule has 0 saturated heterocycles. The highest BCUT2D eigenvalue weighted by molar-refractivity contribution is 5.25. The van der Waals surface area contributed by atoms with Gasteiger partial charge in [-0.15, -0.1) is 0 Å². The van der Waals surface area contributed by atoms with E-state index in [2.05, 4.69) is 37.1 Å². The van der Waals surface area contributed by atoms with Crippen LogP contribution in [-0.2, 0) is 6.54 Å². The second-order valence-corrected chi connectivity index (χ2v) is 4.68. The minimum atomic E-state index is 0.667. The van der Waals surface area contributed by atoms with Crippen molar-refractivity contribution in [3.05, 3.63) is 23.9 Å². The normalized spacial score (nSPS) is 10.8. The van der Waals surface area contributed by atoms with E-state index in [0.717, 1.165) is 44.0 Å². The van der Waals surface area contributed by atoms with Crippen molar-refractivity contribution in [2.75, 3.05) is 13.2 Å². The first kappa shape index (κ1) is 14.0. The molecule has 0 unspecified atom stereocenters. The summed E-state index contributed by atoms with van der Waals surface area (Å²) in [5.41, 5.74) is 1.14. The summed E-state index contributed by atoms with van der Waals surface area (Å²) in [4.78, 5) is 4.29. The van der Waals surface area contributed by atoms with Gasteiger partial charge in [0.15, 0.2) is 0 Å². The van der Waals surface area contributed by atoms with Crippen molar-refractivity contribution in [3.63, 3.8) is 0 Å². The maximum Gasteiger partial charge on any atom is 0.217 e. The van der Waals surface area contributed by atoms with Gasteiger partial charge in [-0.05, 0) is 31.4 Å². The number of hydrogen-bond donors (Lipinski definition) is 1. The molecule has 0 radical (unpaired) electrons. The van der Waals surface area contributed by atoms with E-state index in [9.17, 15) is 0 Å². The Morgan fingerprint density at radius 3 is 2.94 bits per heavy atom. The Kier molecular flexibility index (Phi) is 6.63.